The summed E-state index contributed by atoms with van der Waals surface area (Å²) in [5, 5.41) is 2.88. The molecule has 0 atom stereocenters. The largest absolute Gasteiger partial charge is 0.491 e. The Balaban J connectivity index is 1.59. The lowest BCUT2D eigenvalue weighted by atomic mass is 9.73. The maximum absolute atomic E-state index is 12.3. The van der Waals surface area contributed by atoms with E-state index >= 15 is 0 Å². The number of alkyl halides is 3. The highest BCUT2D eigenvalue weighted by Gasteiger charge is 2.48. The molecule has 0 radical (unpaired) electrons. The summed E-state index contributed by atoms with van der Waals surface area (Å²) >= 11 is 1.82. The fraction of sp³-hybridized carbons (Fsp3) is 0.375. The van der Waals surface area contributed by atoms with Crippen LogP contribution in [0.2, 0.25) is 0 Å². The minimum absolute atomic E-state index is 0.236. The summed E-state index contributed by atoms with van der Waals surface area (Å²) in [6, 6.07) is 2.37. The molecule has 1 aliphatic carbocycles. The number of hydrogen-bond donors (Lipinski definition) is 2. The molecule has 1 saturated carbocycles. The third-order valence-corrected chi connectivity index (χ3v) is 6.22. The standard InChI is InChI=1S/C16H14F3N3O5S2/c1-26-13(24)15(20)4-7(5-15)22-11(23)9-6-21-12(29-9)8-2-3-10(28-8)27-14(25)16(17,18)19/h2-3,6-7H,4-5,20H2,1H3,(H,22,23). The number of carbonyl (C=O) groups excluding carboxylic acids is 3. The summed E-state index contributed by atoms with van der Waals surface area (Å²) in [5.74, 6) is -3.26. The van der Waals surface area contributed by atoms with Crippen LogP contribution in [0.4, 0.5) is 13.2 Å². The molecular formula is C16H14F3N3O5S2. The van der Waals surface area contributed by atoms with E-state index in [1.807, 2.05) is 0 Å². The van der Waals surface area contributed by atoms with Gasteiger partial charge >= 0.3 is 18.1 Å². The van der Waals surface area contributed by atoms with Gasteiger partial charge in [0.25, 0.3) is 5.91 Å². The minimum Gasteiger partial charge on any atom is -0.468 e. The highest BCUT2D eigenvalue weighted by Crippen LogP contribution is 2.36. The van der Waals surface area contributed by atoms with Gasteiger partial charge in [0.15, 0.2) is 5.06 Å². The molecule has 0 aliphatic heterocycles. The van der Waals surface area contributed by atoms with Gasteiger partial charge in [-0.15, -0.1) is 11.3 Å². The van der Waals surface area contributed by atoms with Crippen molar-refractivity contribution in [2.24, 2.45) is 5.73 Å². The van der Waals surface area contributed by atoms with Crippen LogP contribution < -0.4 is 15.8 Å². The molecule has 2 aromatic heterocycles. The van der Waals surface area contributed by atoms with Crippen molar-refractivity contribution < 1.29 is 37.0 Å². The lowest BCUT2D eigenvalue weighted by Gasteiger charge is -2.42. The van der Waals surface area contributed by atoms with Gasteiger partial charge in [-0.25, -0.2) is 9.78 Å². The van der Waals surface area contributed by atoms with Crippen molar-refractivity contribution in [3.05, 3.63) is 23.2 Å². The van der Waals surface area contributed by atoms with Crippen LogP contribution in [0.25, 0.3) is 9.88 Å². The number of carbonyl (C=O) groups is 3. The average Bonchev–Trinajstić information content (AvgIpc) is 3.27. The monoisotopic (exact) mass is 449 g/mol. The fourth-order valence-corrected chi connectivity index (χ4v) is 4.42. The van der Waals surface area contributed by atoms with E-state index in [-0.39, 0.29) is 28.8 Å². The molecule has 0 saturated heterocycles. The van der Waals surface area contributed by atoms with Gasteiger partial charge in [0.2, 0.25) is 0 Å². The quantitative estimate of drug-likeness (QED) is 0.671. The van der Waals surface area contributed by atoms with Crippen LogP contribution in [0.3, 0.4) is 0 Å². The molecule has 3 rings (SSSR count). The first kappa shape index (κ1) is 21.2. The van der Waals surface area contributed by atoms with E-state index in [2.05, 4.69) is 19.8 Å². The molecule has 3 N–H and O–H groups in total. The van der Waals surface area contributed by atoms with Crippen LogP contribution in [-0.2, 0) is 14.3 Å². The second-order valence-electron chi connectivity index (χ2n) is 6.26. The molecule has 1 amide bonds. The molecule has 156 valence electrons. The number of hydrogen-bond acceptors (Lipinski definition) is 9. The Morgan fingerprint density at radius 1 is 1.28 bits per heavy atom. The van der Waals surface area contributed by atoms with Crippen LogP contribution in [0.15, 0.2) is 18.3 Å². The van der Waals surface area contributed by atoms with Crippen molar-refractivity contribution in [3.63, 3.8) is 0 Å². The van der Waals surface area contributed by atoms with E-state index in [1.165, 1.54) is 25.4 Å². The van der Waals surface area contributed by atoms with Crippen LogP contribution in [0.1, 0.15) is 22.5 Å². The van der Waals surface area contributed by atoms with E-state index in [9.17, 15) is 27.6 Å². The predicted molar refractivity (Wildman–Crippen MR) is 96.5 cm³/mol. The first-order valence-corrected chi connectivity index (χ1v) is 9.68. The Morgan fingerprint density at radius 2 is 1.97 bits per heavy atom. The summed E-state index contributed by atoms with van der Waals surface area (Å²) in [5.41, 5.74) is 4.76. The maximum atomic E-state index is 12.3. The Hall–Kier alpha value is -2.51. The first-order chi connectivity index (χ1) is 13.5. The summed E-state index contributed by atoms with van der Waals surface area (Å²) in [6.45, 7) is 0. The van der Waals surface area contributed by atoms with Gasteiger partial charge in [-0.1, -0.05) is 11.3 Å². The highest BCUT2D eigenvalue weighted by atomic mass is 32.1. The van der Waals surface area contributed by atoms with Gasteiger partial charge in [0.05, 0.1) is 18.2 Å². The van der Waals surface area contributed by atoms with Crippen molar-refractivity contribution in [2.75, 3.05) is 7.11 Å². The van der Waals surface area contributed by atoms with Crippen LogP contribution >= 0.6 is 22.7 Å². The highest BCUT2D eigenvalue weighted by molar-refractivity contribution is 7.23. The summed E-state index contributed by atoms with van der Waals surface area (Å²) in [6.07, 6.45) is -3.27. The lowest BCUT2D eigenvalue weighted by Crippen LogP contribution is -2.64. The molecule has 29 heavy (non-hydrogen) atoms. The van der Waals surface area contributed by atoms with E-state index in [1.54, 1.807) is 0 Å². The number of methoxy groups -OCH3 is 1. The van der Waals surface area contributed by atoms with Crippen LogP contribution in [-0.4, -0.2) is 47.7 Å². The van der Waals surface area contributed by atoms with E-state index in [0.29, 0.717) is 9.88 Å². The molecule has 2 aromatic rings. The number of ether oxygens (including phenoxy) is 2. The minimum atomic E-state index is -5.09. The zero-order valence-electron chi connectivity index (χ0n) is 14.7. The maximum Gasteiger partial charge on any atom is 0.491 e. The fourth-order valence-electron chi connectivity index (χ4n) is 2.68. The molecule has 0 bridgehead atoms. The van der Waals surface area contributed by atoms with Gasteiger partial charge in [-0.2, -0.15) is 13.2 Å². The van der Waals surface area contributed by atoms with E-state index < -0.39 is 29.6 Å². The first-order valence-electron chi connectivity index (χ1n) is 8.05. The van der Waals surface area contributed by atoms with Crippen LogP contribution in [0, 0.1) is 0 Å². The molecule has 2 heterocycles. The van der Waals surface area contributed by atoms with Crippen LogP contribution in [0.5, 0.6) is 5.06 Å². The molecule has 1 fully saturated rings. The number of amides is 1. The van der Waals surface area contributed by atoms with Gasteiger partial charge in [-0.3, -0.25) is 9.59 Å². The van der Waals surface area contributed by atoms with Crippen molar-refractivity contribution >= 4 is 40.5 Å². The number of nitrogens with zero attached hydrogens (tertiary/aromatic N) is 1. The van der Waals surface area contributed by atoms with Crippen molar-refractivity contribution in [2.45, 2.75) is 30.6 Å². The van der Waals surface area contributed by atoms with Crippen molar-refractivity contribution in [1.29, 1.82) is 0 Å². The normalized spacial score (nSPS) is 21.2. The Labute approximate surface area is 169 Å². The Morgan fingerprint density at radius 3 is 2.59 bits per heavy atom. The molecule has 8 nitrogen and oxygen atoms in total. The molecule has 0 spiro atoms. The number of nitrogens with two attached hydrogens (primary N) is 1. The third-order valence-electron chi connectivity index (χ3n) is 4.09. The van der Waals surface area contributed by atoms with Gasteiger partial charge in [-0.05, 0) is 25.0 Å². The third kappa shape index (κ3) is 4.57. The number of nitrogens with one attached hydrogen (secondary N) is 1. The van der Waals surface area contributed by atoms with Gasteiger partial charge in [0, 0.05) is 6.04 Å². The van der Waals surface area contributed by atoms with Crippen molar-refractivity contribution in [1.82, 2.24) is 10.3 Å². The second-order valence-corrected chi connectivity index (χ2v) is 8.34. The van der Waals surface area contributed by atoms with Crippen molar-refractivity contribution in [3.8, 4) is 14.9 Å². The second kappa shape index (κ2) is 7.72. The number of halogens is 3. The lowest BCUT2D eigenvalue weighted by molar-refractivity contribution is -0.189. The zero-order valence-corrected chi connectivity index (χ0v) is 16.4. The number of thiophene rings is 1. The number of rotatable bonds is 5. The van der Waals surface area contributed by atoms with Gasteiger partial charge < -0.3 is 20.5 Å². The average molecular weight is 449 g/mol. The zero-order chi connectivity index (χ0) is 21.4. The Bertz CT molecular complexity index is 950. The molecule has 0 unspecified atom stereocenters. The smallest absolute Gasteiger partial charge is 0.468 e. The number of thiazole rings is 1. The Kier molecular flexibility index (Phi) is 5.65. The SMILES string of the molecule is COC(=O)C1(N)CC(NC(=O)c2cnc(-c3ccc(OC(=O)C(F)(F)F)s3)s2)C1. The van der Waals surface area contributed by atoms with Gasteiger partial charge in [0.1, 0.15) is 15.4 Å². The summed E-state index contributed by atoms with van der Waals surface area (Å²) in [4.78, 5) is 39.5. The number of esters is 2. The topological polar surface area (TPSA) is 121 Å². The number of aromatic nitrogens is 1. The molecule has 13 heteroatoms. The van der Waals surface area contributed by atoms with E-state index in [0.717, 1.165) is 22.7 Å². The summed E-state index contributed by atoms with van der Waals surface area (Å²) in [7, 11) is 1.24. The molecular weight excluding hydrogens is 435 g/mol. The molecule has 1 aliphatic rings. The molecule has 0 aromatic carbocycles. The summed E-state index contributed by atoms with van der Waals surface area (Å²) < 4.78 is 45.6. The predicted octanol–water partition coefficient (Wildman–Crippen LogP) is 2.10. The van der Waals surface area contributed by atoms with E-state index in [4.69, 9.17) is 5.73 Å².